The molecular weight excluding hydrogens is 312 g/mol. The third-order valence-electron chi connectivity index (χ3n) is 3.18. The van der Waals surface area contributed by atoms with Gasteiger partial charge in [-0.05, 0) is 48.6 Å². The number of aliphatic hydroxyl groups is 1. The number of rotatable bonds is 6. The Morgan fingerprint density at radius 3 is 2.52 bits per heavy atom. The van der Waals surface area contributed by atoms with Crippen molar-refractivity contribution in [1.82, 2.24) is 10.6 Å². The fraction of sp³-hybridized carbons (Fsp3) is 0.353. The minimum atomic E-state index is -0.915. The van der Waals surface area contributed by atoms with Crippen LogP contribution in [-0.4, -0.2) is 30.4 Å². The summed E-state index contributed by atoms with van der Waals surface area (Å²) in [6.07, 6.45) is 0. The molecule has 0 aliphatic carbocycles. The highest BCUT2D eigenvalue weighted by molar-refractivity contribution is 7.10. The van der Waals surface area contributed by atoms with E-state index in [4.69, 9.17) is 4.74 Å². The number of urea groups is 1. The van der Waals surface area contributed by atoms with E-state index in [-0.39, 0.29) is 12.6 Å². The van der Waals surface area contributed by atoms with E-state index in [1.165, 1.54) is 0 Å². The summed E-state index contributed by atoms with van der Waals surface area (Å²) in [4.78, 5) is 12.7. The average molecular weight is 334 g/mol. The molecule has 2 amide bonds. The summed E-state index contributed by atoms with van der Waals surface area (Å²) in [6.45, 7) is 3.96. The second-order valence-electron chi connectivity index (χ2n) is 5.88. The fourth-order valence-corrected chi connectivity index (χ4v) is 2.77. The summed E-state index contributed by atoms with van der Waals surface area (Å²) in [6, 6.07) is 9.64. The zero-order valence-electron chi connectivity index (χ0n) is 13.6. The number of hydrogen-bond donors (Lipinski definition) is 3. The Morgan fingerprint density at radius 2 is 1.91 bits per heavy atom. The van der Waals surface area contributed by atoms with Gasteiger partial charge in [-0.2, -0.15) is 0 Å². The molecule has 2 aromatic rings. The highest BCUT2D eigenvalue weighted by Crippen LogP contribution is 2.27. The van der Waals surface area contributed by atoms with Crippen LogP contribution in [-0.2, 0) is 6.54 Å². The third-order valence-corrected chi connectivity index (χ3v) is 4.12. The molecule has 0 radical (unpaired) electrons. The Hall–Kier alpha value is -2.05. The summed E-state index contributed by atoms with van der Waals surface area (Å²) < 4.78 is 5.15. The topological polar surface area (TPSA) is 70.6 Å². The molecule has 0 spiro atoms. The SMILES string of the molecule is COc1ccc(-c2csc(CNC(=O)NCC(C)(C)O)c2)cc1. The number of thiophene rings is 1. The van der Waals surface area contributed by atoms with Crippen LogP contribution in [0.15, 0.2) is 35.7 Å². The van der Waals surface area contributed by atoms with Crippen LogP contribution >= 0.6 is 11.3 Å². The average Bonchev–Trinajstić information content (AvgIpc) is 2.99. The molecule has 0 aliphatic heterocycles. The van der Waals surface area contributed by atoms with Crippen molar-refractivity contribution in [2.45, 2.75) is 26.0 Å². The van der Waals surface area contributed by atoms with Gasteiger partial charge in [0.05, 0.1) is 19.3 Å². The molecule has 0 aliphatic rings. The van der Waals surface area contributed by atoms with E-state index < -0.39 is 5.60 Å². The summed E-state index contributed by atoms with van der Waals surface area (Å²) in [5.74, 6) is 0.828. The number of benzene rings is 1. The van der Waals surface area contributed by atoms with Crippen LogP contribution in [0, 0.1) is 0 Å². The first-order chi connectivity index (χ1) is 10.9. The maximum absolute atomic E-state index is 11.7. The minimum absolute atomic E-state index is 0.209. The quantitative estimate of drug-likeness (QED) is 0.760. The minimum Gasteiger partial charge on any atom is -0.497 e. The predicted molar refractivity (Wildman–Crippen MR) is 92.8 cm³/mol. The van der Waals surface area contributed by atoms with Gasteiger partial charge in [0.15, 0.2) is 0 Å². The van der Waals surface area contributed by atoms with Gasteiger partial charge in [0.1, 0.15) is 5.75 Å². The van der Waals surface area contributed by atoms with E-state index >= 15 is 0 Å². The van der Waals surface area contributed by atoms with Gasteiger partial charge in [-0.15, -0.1) is 11.3 Å². The molecule has 6 heteroatoms. The molecule has 3 N–H and O–H groups in total. The molecule has 23 heavy (non-hydrogen) atoms. The van der Waals surface area contributed by atoms with Crippen molar-refractivity contribution < 1.29 is 14.6 Å². The first kappa shape index (κ1) is 17.3. The van der Waals surface area contributed by atoms with Gasteiger partial charge in [-0.3, -0.25) is 0 Å². The number of ether oxygens (including phenoxy) is 1. The van der Waals surface area contributed by atoms with Gasteiger partial charge in [-0.1, -0.05) is 12.1 Å². The maximum atomic E-state index is 11.7. The molecule has 0 saturated heterocycles. The molecule has 1 heterocycles. The van der Waals surface area contributed by atoms with Crippen LogP contribution in [0.5, 0.6) is 5.75 Å². The number of methoxy groups -OCH3 is 1. The Balaban J connectivity index is 1.88. The lowest BCUT2D eigenvalue weighted by Crippen LogP contribution is -2.43. The zero-order valence-corrected chi connectivity index (χ0v) is 14.4. The van der Waals surface area contributed by atoms with Crippen molar-refractivity contribution in [3.63, 3.8) is 0 Å². The van der Waals surface area contributed by atoms with Crippen LogP contribution in [0.1, 0.15) is 18.7 Å². The third kappa shape index (κ3) is 5.58. The van der Waals surface area contributed by atoms with E-state index in [2.05, 4.69) is 22.1 Å². The van der Waals surface area contributed by atoms with Crippen LogP contribution in [0.4, 0.5) is 4.79 Å². The molecule has 0 atom stereocenters. The van der Waals surface area contributed by atoms with E-state index in [1.54, 1.807) is 32.3 Å². The van der Waals surface area contributed by atoms with Gasteiger partial charge < -0.3 is 20.5 Å². The zero-order chi connectivity index (χ0) is 16.9. The molecule has 1 aromatic carbocycles. The number of amides is 2. The smallest absolute Gasteiger partial charge is 0.315 e. The van der Waals surface area contributed by atoms with Crippen molar-refractivity contribution in [3.05, 3.63) is 40.6 Å². The number of carbonyl (C=O) groups excluding carboxylic acids is 1. The van der Waals surface area contributed by atoms with Gasteiger partial charge in [0.25, 0.3) is 0 Å². The van der Waals surface area contributed by atoms with Crippen molar-refractivity contribution in [1.29, 1.82) is 0 Å². The molecular formula is C17H22N2O3S. The molecule has 0 saturated carbocycles. The Kier molecular flexibility index (Phi) is 5.63. The molecule has 1 aromatic heterocycles. The van der Waals surface area contributed by atoms with Gasteiger partial charge in [0.2, 0.25) is 0 Å². The van der Waals surface area contributed by atoms with Gasteiger partial charge in [0, 0.05) is 11.4 Å². The van der Waals surface area contributed by atoms with Crippen LogP contribution in [0.25, 0.3) is 11.1 Å². The van der Waals surface area contributed by atoms with Crippen molar-refractivity contribution in [2.75, 3.05) is 13.7 Å². The first-order valence-electron chi connectivity index (χ1n) is 7.33. The van der Waals surface area contributed by atoms with E-state index in [0.717, 1.165) is 21.8 Å². The number of carbonyl (C=O) groups is 1. The maximum Gasteiger partial charge on any atom is 0.315 e. The number of nitrogens with one attached hydrogen (secondary N) is 2. The highest BCUT2D eigenvalue weighted by Gasteiger charge is 2.13. The summed E-state index contributed by atoms with van der Waals surface area (Å²) in [5.41, 5.74) is 1.31. The van der Waals surface area contributed by atoms with Crippen molar-refractivity contribution in [3.8, 4) is 16.9 Å². The molecule has 0 unspecified atom stereocenters. The summed E-state index contributed by atoms with van der Waals surface area (Å²) in [5, 5.41) is 17.1. The second-order valence-corrected chi connectivity index (χ2v) is 6.87. The van der Waals surface area contributed by atoms with Gasteiger partial charge in [-0.25, -0.2) is 4.79 Å². The van der Waals surface area contributed by atoms with Crippen LogP contribution < -0.4 is 15.4 Å². The first-order valence-corrected chi connectivity index (χ1v) is 8.21. The van der Waals surface area contributed by atoms with Crippen molar-refractivity contribution in [2.24, 2.45) is 0 Å². The van der Waals surface area contributed by atoms with E-state index in [0.29, 0.717) is 6.54 Å². The predicted octanol–water partition coefficient (Wildman–Crippen LogP) is 2.99. The Bertz CT molecular complexity index is 645. The normalized spacial score (nSPS) is 11.1. The van der Waals surface area contributed by atoms with E-state index in [9.17, 15) is 9.90 Å². The fourth-order valence-electron chi connectivity index (χ4n) is 1.93. The van der Waals surface area contributed by atoms with Crippen molar-refractivity contribution >= 4 is 17.4 Å². The second kappa shape index (κ2) is 7.48. The van der Waals surface area contributed by atoms with Crippen LogP contribution in [0.2, 0.25) is 0 Å². The van der Waals surface area contributed by atoms with Crippen LogP contribution in [0.3, 0.4) is 0 Å². The molecule has 0 bridgehead atoms. The largest absolute Gasteiger partial charge is 0.497 e. The lowest BCUT2D eigenvalue weighted by Gasteiger charge is -2.17. The molecule has 5 nitrogen and oxygen atoms in total. The highest BCUT2D eigenvalue weighted by atomic mass is 32.1. The summed E-state index contributed by atoms with van der Waals surface area (Å²) >= 11 is 1.60. The van der Waals surface area contributed by atoms with Gasteiger partial charge >= 0.3 is 6.03 Å². The monoisotopic (exact) mass is 334 g/mol. The molecule has 124 valence electrons. The number of hydrogen-bond acceptors (Lipinski definition) is 4. The summed E-state index contributed by atoms with van der Waals surface area (Å²) in [7, 11) is 1.65. The lowest BCUT2D eigenvalue weighted by atomic mass is 10.1. The Labute approximate surface area is 140 Å². The Morgan fingerprint density at radius 1 is 1.22 bits per heavy atom. The molecule has 0 fully saturated rings. The standard InChI is InChI=1S/C17H22N2O3S/c1-17(2,21)11-19-16(20)18-9-15-8-13(10-23-15)12-4-6-14(22-3)7-5-12/h4-8,10,21H,9,11H2,1-3H3,(H2,18,19,20). The molecule has 2 rings (SSSR count). The lowest BCUT2D eigenvalue weighted by molar-refractivity contribution is 0.0819. The van der Waals surface area contributed by atoms with E-state index in [1.807, 2.05) is 24.3 Å².